The predicted octanol–water partition coefficient (Wildman–Crippen LogP) is 2.54. The molecule has 0 saturated heterocycles. The number of aromatic nitrogens is 1. The summed E-state index contributed by atoms with van der Waals surface area (Å²) in [6.07, 6.45) is 4.09. The van der Waals surface area contributed by atoms with E-state index in [1.165, 1.54) is 11.2 Å². The number of nitrogens with zero attached hydrogens (tertiary/aromatic N) is 3. The van der Waals surface area contributed by atoms with E-state index in [1.807, 2.05) is 25.1 Å². The van der Waals surface area contributed by atoms with Gasteiger partial charge >= 0.3 is 0 Å². The van der Waals surface area contributed by atoms with Crippen molar-refractivity contribution in [1.29, 1.82) is 0 Å². The highest BCUT2D eigenvalue weighted by atomic mass is 16.3. The minimum atomic E-state index is -1.44. The van der Waals surface area contributed by atoms with Crippen LogP contribution in [0.15, 0.2) is 60.0 Å². The number of carbonyl (C=O) groups excluding carboxylic acids is 1. The van der Waals surface area contributed by atoms with E-state index in [9.17, 15) is 9.90 Å². The molecule has 1 atom stereocenters. The van der Waals surface area contributed by atoms with Gasteiger partial charge in [-0.2, -0.15) is 10.1 Å². The van der Waals surface area contributed by atoms with Crippen molar-refractivity contribution in [2.75, 3.05) is 0 Å². The van der Waals surface area contributed by atoms with Gasteiger partial charge in [0, 0.05) is 30.1 Å². The average Bonchev–Trinajstić information content (AvgIpc) is 2.94. The normalized spacial score (nSPS) is 20.8. The van der Waals surface area contributed by atoms with E-state index >= 15 is 0 Å². The molecule has 0 saturated carbocycles. The topological polar surface area (TPSA) is 65.8 Å². The zero-order valence-corrected chi connectivity index (χ0v) is 12.3. The maximum absolute atomic E-state index is 12.7. The van der Waals surface area contributed by atoms with Crippen LogP contribution in [-0.2, 0) is 5.72 Å². The van der Waals surface area contributed by atoms with Crippen molar-refractivity contribution >= 4 is 11.6 Å². The summed E-state index contributed by atoms with van der Waals surface area (Å²) < 4.78 is 0. The molecule has 0 fully saturated rings. The monoisotopic (exact) mass is 295 g/mol. The molecule has 1 aromatic heterocycles. The van der Waals surface area contributed by atoms with Crippen molar-refractivity contribution in [3.05, 3.63) is 66.0 Å². The molecule has 1 amide bonds. The fourth-order valence-electron chi connectivity index (χ4n) is 2.57. The highest BCUT2D eigenvalue weighted by Crippen LogP contribution is 2.36. The van der Waals surface area contributed by atoms with Crippen molar-refractivity contribution in [2.24, 2.45) is 5.10 Å². The van der Waals surface area contributed by atoms with Crippen LogP contribution in [0, 0.1) is 0 Å². The van der Waals surface area contributed by atoms with E-state index in [4.69, 9.17) is 0 Å². The third-order valence-electron chi connectivity index (χ3n) is 3.79. The SMILES string of the molecule is CCC1=NN(C(=O)c2cccnc2)C(O)(c2ccccc2)C1. The Kier molecular flexibility index (Phi) is 3.73. The summed E-state index contributed by atoms with van der Waals surface area (Å²) >= 11 is 0. The number of hydrogen-bond donors (Lipinski definition) is 1. The second-order valence-corrected chi connectivity index (χ2v) is 5.24. The smallest absolute Gasteiger partial charge is 0.278 e. The first-order valence-electron chi connectivity index (χ1n) is 7.24. The van der Waals surface area contributed by atoms with E-state index in [1.54, 1.807) is 30.5 Å². The zero-order valence-electron chi connectivity index (χ0n) is 12.3. The summed E-state index contributed by atoms with van der Waals surface area (Å²) in [5.41, 5.74) is 0.403. The first-order valence-corrected chi connectivity index (χ1v) is 7.24. The van der Waals surface area contributed by atoms with E-state index < -0.39 is 5.72 Å². The fraction of sp³-hybridized carbons (Fsp3) is 0.235. The molecule has 1 aliphatic rings. The summed E-state index contributed by atoms with van der Waals surface area (Å²) in [4.78, 5) is 16.7. The molecular weight excluding hydrogens is 278 g/mol. The number of rotatable bonds is 3. The fourth-order valence-corrected chi connectivity index (χ4v) is 2.57. The second kappa shape index (κ2) is 5.69. The Morgan fingerprint density at radius 3 is 2.68 bits per heavy atom. The van der Waals surface area contributed by atoms with Crippen LogP contribution < -0.4 is 0 Å². The minimum absolute atomic E-state index is 0.319. The molecule has 1 unspecified atom stereocenters. The largest absolute Gasteiger partial charge is 0.365 e. The molecule has 0 spiro atoms. The summed E-state index contributed by atoms with van der Waals surface area (Å²) in [5, 5.41) is 16.6. The van der Waals surface area contributed by atoms with Gasteiger partial charge in [-0.25, -0.2) is 0 Å². The van der Waals surface area contributed by atoms with Crippen molar-refractivity contribution in [1.82, 2.24) is 9.99 Å². The first kappa shape index (κ1) is 14.4. The molecule has 0 bridgehead atoms. The van der Waals surface area contributed by atoms with E-state index in [0.717, 1.165) is 5.71 Å². The second-order valence-electron chi connectivity index (χ2n) is 5.24. The van der Waals surface area contributed by atoms with Crippen LogP contribution in [0.4, 0.5) is 0 Å². The van der Waals surface area contributed by atoms with Crippen molar-refractivity contribution in [2.45, 2.75) is 25.5 Å². The standard InChI is InChI=1S/C17H17N3O2/c1-2-15-11-17(22,14-8-4-3-5-9-14)20(19-15)16(21)13-7-6-10-18-12-13/h3-10,12,22H,2,11H2,1H3. The quantitative estimate of drug-likeness (QED) is 0.946. The highest BCUT2D eigenvalue weighted by Gasteiger charge is 2.45. The molecule has 3 rings (SSSR count). The third kappa shape index (κ3) is 2.40. The maximum atomic E-state index is 12.7. The number of benzene rings is 1. The van der Waals surface area contributed by atoms with E-state index in [-0.39, 0.29) is 5.91 Å². The van der Waals surface area contributed by atoms with Gasteiger partial charge in [-0.1, -0.05) is 37.3 Å². The molecule has 0 aliphatic carbocycles. The molecule has 2 heterocycles. The number of pyridine rings is 1. The van der Waals surface area contributed by atoms with Crippen LogP contribution in [0.3, 0.4) is 0 Å². The van der Waals surface area contributed by atoms with E-state index in [2.05, 4.69) is 10.1 Å². The van der Waals surface area contributed by atoms with Gasteiger partial charge < -0.3 is 5.11 Å². The Bertz CT molecular complexity index is 700. The number of carbonyl (C=O) groups is 1. The summed E-state index contributed by atoms with van der Waals surface area (Å²) in [6, 6.07) is 12.5. The van der Waals surface area contributed by atoms with E-state index in [0.29, 0.717) is 24.0 Å². The lowest BCUT2D eigenvalue weighted by Crippen LogP contribution is -2.43. The molecule has 5 heteroatoms. The Labute approximate surface area is 128 Å². The molecule has 2 aromatic rings. The molecule has 0 radical (unpaired) electrons. The third-order valence-corrected chi connectivity index (χ3v) is 3.79. The predicted molar refractivity (Wildman–Crippen MR) is 83.1 cm³/mol. The lowest BCUT2D eigenvalue weighted by atomic mass is 9.96. The van der Waals surface area contributed by atoms with Gasteiger partial charge in [0.1, 0.15) is 0 Å². The van der Waals surface area contributed by atoms with Crippen molar-refractivity contribution < 1.29 is 9.90 Å². The van der Waals surface area contributed by atoms with Crippen LogP contribution in [0.2, 0.25) is 0 Å². The molecular formula is C17H17N3O2. The van der Waals surface area contributed by atoms with Gasteiger partial charge in [0.25, 0.3) is 5.91 Å². The Hall–Kier alpha value is -2.53. The number of amides is 1. The Morgan fingerprint density at radius 2 is 2.05 bits per heavy atom. The summed E-state index contributed by atoms with van der Waals surface area (Å²) in [7, 11) is 0. The van der Waals surface area contributed by atoms with Gasteiger partial charge in [0.05, 0.1) is 5.56 Å². The summed E-state index contributed by atoms with van der Waals surface area (Å²) in [6.45, 7) is 1.96. The van der Waals surface area contributed by atoms with Crippen molar-refractivity contribution in [3.63, 3.8) is 0 Å². The molecule has 112 valence electrons. The maximum Gasteiger partial charge on any atom is 0.278 e. The molecule has 22 heavy (non-hydrogen) atoms. The lowest BCUT2D eigenvalue weighted by Gasteiger charge is -2.31. The molecule has 1 aromatic carbocycles. The molecule has 1 N–H and O–H groups in total. The summed E-state index contributed by atoms with van der Waals surface area (Å²) in [5.74, 6) is -0.358. The zero-order chi connectivity index (χ0) is 15.6. The van der Waals surface area contributed by atoms with Crippen LogP contribution in [0.1, 0.15) is 35.7 Å². The number of aliphatic hydroxyl groups is 1. The minimum Gasteiger partial charge on any atom is -0.365 e. The van der Waals surface area contributed by atoms with Gasteiger partial charge in [-0.15, -0.1) is 0 Å². The Morgan fingerprint density at radius 1 is 1.27 bits per heavy atom. The Balaban J connectivity index is 2.02. The van der Waals surface area contributed by atoms with Gasteiger partial charge in [0.15, 0.2) is 5.72 Å². The molecule has 5 nitrogen and oxygen atoms in total. The van der Waals surface area contributed by atoms with Gasteiger partial charge in [0.2, 0.25) is 0 Å². The van der Waals surface area contributed by atoms with Crippen LogP contribution >= 0.6 is 0 Å². The first-order chi connectivity index (χ1) is 10.6. The number of hydrazone groups is 1. The lowest BCUT2D eigenvalue weighted by molar-refractivity contribution is -0.0765. The van der Waals surface area contributed by atoms with Crippen molar-refractivity contribution in [3.8, 4) is 0 Å². The average molecular weight is 295 g/mol. The van der Waals surface area contributed by atoms with Crippen LogP contribution in [0.25, 0.3) is 0 Å². The van der Waals surface area contributed by atoms with Gasteiger partial charge in [-0.3, -0.25) is 9.78 Å². The molecule has 1 aliphatic heterocycles. The van der Waals surface area contributed by atoms with Crippen LogP contribution in [-0.4, -0.2) is 26.7 Å². The number of hydrogen-bond acceptors (Lipinski definition) is 4. The highest BCUT2D eigenvalue weighted by molar-refractivity contribution is 5.98. The van der Waals surface area contributed by atoms with Crippen LogP contribution in [0.5, 0.6) is 0 Å². The van der Waals surface area contributed by atoms with Gasteiger partial charge in [-0.05, 0) is 18.6 Å².